The Labute approximate surface area is 120 Å². The molecule has 0 aliphatic carbocycles. The Morgan fingerprint density at radius 2 is 2.40 bits per heavy atom. The summed E-state index contributed by atoms with van der Waals surface area (Å²) in [4.78, 5) is 14.2. The van der Waals surface area contributed by atoms with Crippen LogP contribution in [0.5, 0.6) is 5.75 Å². The number of amides is 1. The van der Waals surface area contributed by atoms with Gasteiger partial charge in [-0.15, -0.1) is 0 Å². The number of nitrogens with zero attached hydrogens (tertiary/aromatic N) is 1. The second kappa shape index (κ2) is 7.14. The maximum atomic E-state index is 11.9. The zero-order valence-electron chi connectivity index (χ0n) is 12.0. The number of benzene rings is 1. The summed E-state index contributed by atoms with van der Waals surface area (Å²) in [7, 11) is 0. The number of nitrogens with one attached hydrogen (secondary N) is 1. The summed E-state index contributed by atoms with van der Waals surface area (Å²) in [6.45, 7) is 5.27. The van der Waals surface area contributed by atoms with Gasteiger partial charge < -0.3 is 20.7 Å². The van der Waals surface area contributed by atoms with E-state index in [1.165, 1.54) is 0 Å². The number of nitrogen functional groups attached to an aromatic ring is 1. The molecule has 1 aliphatic heterocycles. The van der Waals surface area contributed by atoms with Crippen LogP contribution in [0.25, 0.3) is 0 Å². The summed E-state index contributed by atoms with van der Waals surface area (Å²) in [6.07, 6.45) is 2.18. The van der Waals surface area contributed by atoms with E-state index < -0.39 is 0 Å². The summed E-state index contributed by atoms with van der Waals surface area (Å²) in [5.41, 5.74) is 6.29. The van der Waals surface area contributed by atoms with E-state index in [4.69, 9.17) is 10.5 Å². The van der Waals surface area contributed by atoms with Crippen molar-refractivity contribution in [3.8, 4) is 5.75 Å². The molecule has 0 bridgehead atoms. The van der Waals surface area contributed by atoms with Gasteiger partial charge in [0.05, 0.1) is 0 Å². The van der Waals surface area contributed by atoms with Crippen molar-refractivity contribution in [2.45, 2.75) is 25.8 Å². The van der Waals surface area contributed by atoms with Gasteiger partial charge in [0.1, 0.15) is 5.75 Å². The number of likely N-dealkylation sites (tertiary alicyclic amines) is 1. The minimum atomic E-state index is -0.0737. The van der Waals surface area contributed by atoms with E-state index in [1.807, 2.05) is 6.07 Å². The maximum Gasteiger partial charge on any atom is 0.258 e. The number of anilines is 1. The molecule has 5 heteroatoms. The quantitative estimate of drug-likeness (QED) is 0.795. The zero-order valence-corrected chi connectivity index (χ0v) is 12.0. The maximum absolute atomic E-state index is 11.9. The van der Waals surface area contributed by atoms with Crippen LogP contribution in [0.2, 0.25) is 0 Å². The second-order valence-electron chi connectivity index (χ2n) is 5.16. The summed E-state index contributed by atoms with van der Waals surface area (Å²) in [6, 6.07) is 7.34. The van der Waals surface area contributed by atoms with Crippen molar-refractivity contribution in [1.82, 2.24) is 10.2 Å². The first-order valence-corrected chi connectivity index (χ1v) is 7.17. The van der Waals surface area contributed by atoms with Crippen LogP contribution in [0.1, 0.15) is 19.8 Å². The fourth-order valence-electron chi connectivity index (χ4n) is 2.48. The normalized spacial score (nSPS) is 19.6. The number of carbonyl (C=O) groups is 1. The van der Waals surface area contributed by atoms with Gasteiger partial charge in [-0.25, -0.2) is 0 Å². The summed E-state index contributed by atoms with van der Waals surface area (Å²) >= 11 is 0. The third-order valence-electron chi connectivity index (χ3n) is 3.55. The third-order valence-corrected chi connectivity index (χ3v) is 3.55. The van der Waals surface area contributed by atoms with Crippen molar-refractivity contribution >= 4 is 11.6 Å². The summed E-state index contributed by atoms with van der Waals surface area (Å²) in [5.74, 6) is 0.550. The number of ether oxygens (including phenoxy) is 1. The highest BCUT2D eigenvalue weighted by Crippen LogP contribution is 2.14. The third kappa shape index (κ3) is 4.42. The standard InChI is InChI=1S/C15H23N3O2/c1-2-18-8-4-6-13(10-18)17-15(19)11-20-14-7-3-5-12(16)9-14/h3,5,7,9,13H,2,4,6,8,10-11,16H2,1H3,(H,17,19). The predicted octanol–water partition coefficient (Wildman–Crippen LogP) is 1.25. The molecule has 1 atom stereocenters. The van der Waals surface area contributed by atoms with Crippen LogP contribution in [0.15, 0.2) is 24.3 Å². The molecule has 5 nitrogen and oxygen atoms in total. The average Bonchev–Trinajstić information content (AvgIpc) is 2.45. The van der Waals surface area contributed by atoms with Crippen molar-refractivity contribution in [2.75, 3.05) is 32.0 Å². The lowest BCUT2D eigenvalue weighted by molar-refractivity contribution is -0.124. The number of nitrogens with two attached hydrogens (primary N) is 1. The van der Waals surface area contributed by atoms with Gasteiger partial charge in [-0.3, -0.25) is 4.79 Å². The van der Waals surface area contributed by atoms with Crippen LogP contribution in [0, 0.1) is 0 Å². The van der Waals surface area contributed by atoms with E-state index in [2.05, 4.69) is 17.1 Å². The van der Waals surface area contributed by atoms with Crippen LogP contribution in [0.3, 0.4) is 0 Å². The Hall–Kier alpha value is -1.75. The first kappa shape index (κ1) is 14.7. The number of likely N-dealkylation sites (N-methyl/N-ethyl adjacent to an activating group) is 1. The highest BCUT2D eigenvalue weighted by molar-refractivity contribution is 5.77. The molecule has 1 aromatic carbocycles. The number of piperidine rings is 1. The largest absolute Gasteiger partial charge is 0.484 e. The number of hydrogen-bond acceptors (Lipinski definition) is 4. The second-order valence-corrected chi connectivity index (χ2v) is 5.16. The molecular formula is C15H23N3O2. The van der Waals surface area contributed by atoms with Crippen LogP contribution in [-0.2, 0) is 4.79 Å². The first-order valence-electron chi connectivity index (χ1n) is 7.17. The number of hydrogen-bond donors (Lipinski definition) is 2. The molecule has 1 amide bonds. The van der Waals surface area contributed by atoms with E-state index in [9.17, 15) is 4.79 Å². The number of rotatable bonds is 5. The minimum absolute atomic E-state index is 0.0338. The van der Waals surface area contributed by atoms with E-state index in [1.54, 1.807) is 18.2 Å². The van der Waals surface area contributed by atoms with Crippen molar-refractivity contribution in [1.29, 1.82) is 0 Å². The molecule has 2 rings (SSSR count). The monoisotopic (exact) mass is 277 g/mol. The van der Waals surface area contributed by atoms with Gasteiger partial charge in [-0.05, 0) is 38.1 Å². The van der Waals surface area contributed by atoms with E-state index in [0.29, 0.717) is 11.4 Å². The Balaban J connectivity index is 1.75. The fourth-order valence-corrected chi connectivity index (χ4v) is 2.48. The van der Waals surface area contributed by atoms with Crippen LogP contribution >= 0.6 is 0 Å². The Bertz CT molecular complexity index is 450. The molecule has 1 unspecified atom stereocenters. The highest BCUT2D eigenvalue weighted by Gasteiger charge is 2.20. The molecule has 1 saturated heterocycles. The molecule has 3 N–H and O–H groups in total. The van der Waals surface area contributed by atoms with E-state index >= 15 is 0 Å². The van der Waals surface area contributed by atoms with Gasteiger partial charge in [-0.2, -0.15) is 0 Å². The lowest BCUT2D eigenvalue weighted by Gasteiger charge is -2.32. The molecule has 1 fully saturated rings. The lowest BCUT2D eigenvalue weighted by Crippen LogP contribution is -2.48. The molecule has 20 heavy (non-hydrogen) atoms. The number of carbonyl (C=O) groups excluding carboxylic acids is 1. The molecule has 0 aromatic heterocycles. The van der Waals surface area contributed by atoms with Gasteiger partial charge in [0.15, 0.2) is 6.61 Å². The van der Waals surface area contributed by atoms with E-state index in [-0.39, 0.29) is 18.6 Å². The SMILES string of the molecule is CCN1CCCC(NC(=O)COc2cccc(N)c2)C1. The van der Waals surface area contributed by atoms with Gasteiger partial charge in [0.2, 0.25) is 0 Å². The van der Waals surface area contributed by atoms with E-state index in [0.717, 1.165) is 32.5 Å². The Morgan fingerprint density at radius 3 is 3.15 bits per heavy atom. The van der Waals surface area contributed by atoms with Crippen molar-refractivity contribution in [3.63, 3.8) is 0 Å². The topological polar surface area (TPSA) is 67.6 Å². The molecule has 0 radical (unpaired) electrons. The summed E-state index contributed by atoms with van der Waals surface area (Å²) in [5, 5.41) is 3.03. The van der Waals surface area contributed by atoms with Gasteiger partial charge in [-0.1, -0.05) is 13.0 Å². The fraction of sp³-hybridized carbons (Fsp3) is 0.533. The Morgan fingerprint density at radius 1 is 1.55 bits per heavy atom. The van der Waals surface area contributed by atoms with Gasteiger partial charge in [0.25, 0.3) is 5.91 Å². The van der Waals surface area contributed by atoms with Crippen molar-refractivity contribution in [2.24, 2.45) is 0 Å². The molecule has 110 valence electrons. The highest BCUT2D eigenvalue weighted by atomic mass is 16.5. The molecular weight excluding hydrogens is 254 g/mol. The first-order chi connectivity index (χ1) is 9.67. The molecule has 1 aromatic rings. The van der Waals surface area contributed by atoms with Crippen LogP contribution < -0.4 is 15.8 Å². The minimum Gasteiger partial charge on any atom is -0.484 e. The predicted molar refractivity (Wildman–Crippen MR) is 79.6 cm³/mol. The molecule has 1 aliphatic rings. The van der Waals surface area contributed by atoms with Gasteiger partial charge in [0, 0.05) is 24.3 Å². The van der Waals surface area contributed by atoms with Crippen molar-refractivity contribution < 1.29 is 9.53 Å². The summed E-state index contributed by atoms with van der Waals surface area (Å²) < 4.78 is 5.44. The zero-order chi connectivity index (χ0) is 14.4. The lowest BCUT2D eigenvalue weighted by atomic mass is 10.1. The van der Waals surface area contributed by atoms with Crippen LogP contribution in [-0.4, -0.2) is 43.1 Å². The van der Waals surface area contributed by atoms with Crippen molar-refractivity contribution in [3.05, 3.63) is 24.3 Å². The molecule has 0 saturated carbocycles. The average molecular weight is 277 g/mol. The van der Waals surface area contributed by atoms with Gasteiger partial charge >= 0.3 is 0 Å². The van der Waals surface area contributed by atoms with Crippen LogP contribution in [0.4, 0.5) is 5.69 Å². The smallest absolute Gasteiger partial charge is 0.258 e. The molecule has 0 spiro atoms. The molecule has 1 heterocycles. The Kier molecular flexibility index (Phi) is 5.24.